The average molecular weight is 469 g/mol. The third kappa shape index (κ3) is 3.44. The van der Waals surface area contributed by atoms with Gasteiger partial charge in [-0.2, -0.15) is 0 Å². The van der Waals surface area contributed by atoms with Crippen LogP contribution in [0.25, 0.3) is 27.8 Å². The third-order valence-electron chi connectivity index (χ3n) is 4.68. The Morgan fingerprint density at radius 1 is 0.889 bits per heavy atom. The van der Waals surface area contributed by atoms with Gasteiger partial charge < -0.3 is 9.30 Å². The molecular formula is C22H20IN3O. The van der Waals surface area contributed by atoms with E-state index in [9.17, 15) is 0 Å². The Labute approximate surface area is 172 Å². The first-order chi connectivity index (χ1) is 13.2. The average Bonchev–Trinajstić information content (AvgIpc) is 3.04. The SMILES string of the molecule is Cc1ccc(C)n1-c1cccc(-c2ccc(OCNI)c3ccccc23)n1. The van der Waals surface area contributed by atoms with E-state index in [-0.39, 0.29) is 0 Å². The van der Waals surface area contributed by atoms with Crippen LogP contribution < -0.4 is 8.27 Å². The molecule has 0 aliphatic heterocycles. The van der Waals surface area contributed by atoms with E-state index in [1.807, 2.05) is 12.1 Å². The van der Waals surface area contributed by atoms with E-state index >= 15 is 0 Å². The molecule has 1 N–H and O–H groups in total. The molecule has 0 atom stereocenters. The van der Waals surface area contributed by atoms with Gasteiger partial charge in [0.25, 0.3) is 0 Å². The molecule has 27 heavy (non-hydrogen) atoms. The van der Waals surface area contributed by atoms with Gasteiger partial charge in [-0.25, -0.2) is 8.51 Å². The Bertz CT molecular complexity index is 1080. The molecule has 5 heteroatoms. The highest BCUT2D eigenvalue weighted by Crippen LogP contribution is 2.34. The molecule has 2 aromatic heterocycles. The molecule has 0 saturated carbocycles. The molecule has 2 heterocycles. The largest absolute Gasteiger partial charge is 0.477 e. The van der Waals surface area contributed by atoms with E-state index in [0.717, 1.165) is 33.6 Å². The van der Waals surface area contributed by atoms with E-state index in [0.29, 0.717) is 6.73 Å². The van der Waals surface area contributed by atoms with Gasteiger partial charge in [0.15, 0.2) is 0 Å². The van der Waals surface area contributed by atoms with Gasteiger partial charge in [0, 0.05) is 45.2 Å². The summed E-state index contributed by atoms with van der Waals surface area (Å²) in [7, 11) is 0. The van der Waals surface area contributed by atoms with Crippen molar-refractivity contribution in [3.63, 3.8) is 0 Å². The molecule has 0 saturated heterocycles. The molecule has 4 aromatic rings. The highest BCUT2D eigenvalue weighted by atomic mass is 127. The number of benzene rings is 2. The molecule has 0 bridgehead atoms. The molecule has 0 unspecified atom stereocenters. The number of pyridine rings is 1. The van der Waals surface area contributed by atoms with Gasteiger partial charge in [0.2, 0.25) is 0 Å². The Balaban J connectivity index is 1.85. The van der Waals surface area contributed by atoms with E-state index in [1.54, 1.807) is 0 Å². The van der Waals surface area contributed by atoms with Crippen LogP contribution >= 0.6 is 22.9 Å². The Hall–Kier alpha value is -2.38. The van der Waals surface area contributed by atoms with Gasteiger partial charge in [-0.15, -0.1) is 0 Å². The van der Waals surface area contributed by atoms with Gasteiger partial charge in [-0.1, -0.05) is 30.3 Å². The zero-order valence-corrected chi connectivity index (χ0v) is 17.4. The van der Waals surface area contributed by atoms with Crippen LogP contribution in [-0.4, -0.2) is 16.3 Å². The normalized spacial score (nSPS) is 11.1. The molecule has 0 spiro atoms. The molecule has 0 aliphatic rings. The maximum absolute atomic E-state index is 5.83. The molecule has 0 aliphatic carbocycles. The topological polar surface area (TPSA) is 39.1 Å². The lowest BCUT2D eigenvalue weighted by molar-refractivity contribution is 0.324. The summed E-state index contributed by atoms with van der Waals surface area (Å²) in [6.07, 6.45) is 0. The van der Waals surface area contributed by atoms with Crippen molar-refractivity contribution in [2.75, 3.05) is 6.73 Å². The van der Waals surface area contributed by atoms with E-state index in [2.05, 4.69) is 99.4 Å². The van der Waals surface area contributed by atoms with Crippen LogP contribution in [0.2, 0.25) is 0 Å². The monoisotopic (exact) mass is 469 g/mol. The van der Waals surface area contributed by atoms with Gasteiger partial charge in [0.1, 0.15) is 18.3 Å². The van der Waals surface area contributed by atoms with Crippen LogP contribution in [0.4, 0.5) is 0 Å². The number of rotatable bonds is 5. The van der Waals surface area contributed by atoms with Crippen molar-refractivity contribution in [1.29, 1.82) is 0 Å². The summed E-state index contributed by atoms with van der Waals surface area (Å²) in [4.78, 5) is 4.96. The lowest BCUT2D eigenvalue weighted by Crippen LogP contribution is -2.08. The first kappa shape index (κ1) is 18.0. The maximum Gasteiger partial charge on any atom is 0.147 e. The van der Waals surface area contributed by atoms with Crippen LogP contribution in [0.5, 0.6) is 5.75 Å². The lowest BCUT2D eigenvalue weighted by Gasteiger charge is -2.14. The molecule has 0 amide bonds. The third-order valence-corrected chi connectivity index (χ3v) is 4.99. The zero-order chi connectivity index (χ0) is 18.8. The van der Waals surface area contributed by atoms with Gasteiger partial charge in [0.05, 0.1) is 5.69 Å². The van der Waals surface area contributed by atoms with Crippen LogP contribution in [0, 0.1) is 13.8 Å². The number of ether oxygens (including phenoxy) is 1. The second-order valence-electron chi connectivity index (χ2n) is 6.41. The van der Waals surface area contributed by atoms with E-state index < -0.39 is 0 Å². The van der Waals surface area contributed by atoms with Crippen molar-refractivity contribution in [3.05, 3.63) is 78.1 Å². The van der Waals surface area contributed by atoms with E-state index in [1.165, 1.54) is 11.4 Å². The van der Waals surface area contributed by atoms with Crippen molar-refractivity contribution in [3.8, 4) is 22.8 Å². The first-order valence-electron chi connectivity index (χ1n) is 8.80. The minimum Gasteiger partial charge on any atom is -0.477 e. The number of fused-ring (bicyclic) bond motifs is 1. The number of aromatic nitrogens is 2. The van der Waals surface area contributed by atoms with Crippen molar-refractivity contribution in [2.24, 2.45) is 0 Å². The van der Waals surface area contributed by atoms with Crippen molar-refractivity contribution < 1.29 is 4.74 Å². The Morgan fingerprint density at radius 3 is 2.37 bits per heavy atom. The van der Waals surface area contributed by atoms with Crippen LogP contribution in [0.3, 0.4) is 0 Å². The minimum absolute atomic E-state index is 0.462. The summed E-state index contributed by atoms with van der Waals surface area (Å²) < 4.78 is 11.0. The molecule has 0 fully saturated rings. The second kappa shape index (κ2) is 7.70. The number of hydrogen-bond acceptors (Lipinski definition) is 3. The lowest BCUT2D eigenvalue weighted by atomic mass is 10.0. The molecular weight excluding hydrogens is 449 g/mol. The minimum atomic E-state index is 0.462. The molecule has 136 valence electrons. The van der Waals surface area contributed by atoms with Crippen LogP contribution in [0.1, 0.15) is 11.4 Å². The van der Waals surface area contributed by atoms with E-state index in [4.69, 9.17) is 9.72 Å². The van der Waals surface area contributed by atoms with Crippen LogP contribution in [-0.2, 0) is 0 Å². The fourth-order valence-corrected chi connectivity index (χ4v) is 3.61. The number of nitrogens with zero attached hydrogens (tertiary/aromatic N) is 2. The van der Waals surface area contributed by atoms with Gasteiger partial charge >= 0.3 is 0 Å². The second-order valence-corrected chi connectivity index (χ2v) is 7.17. The molecule has 2 aromatic carbocycles. The van der Waals surface area contributed by atoms with Gasteiger partial charge in [-0.05, 0) is 55.6 Å². The standard InChI is InChI=1S/C22H20IN3O/c1-15-10-11-16(2)26(15)22-9-5-8-20(25-22)18-12-13-21(27-14-24-23)19-7-4-3-6-17(18)19/h3-13,24H,14H2,1-2H3. The quantitative estimate of drug-likeness (QED) is 0.236. The van der Waals surface area contributed by atoms with Crippen molar-refractivity contribution in [2.45, 2.75) is 13.8 Å². The Kier molecular flexibility index (Phi) is 5.13. The number of hydrogen-bond donors (Lipinski definition) is 1. The predicted molar refractivity (Wildman–Crippen MR) is 119 cm³/mol. The van der Waals surface area contributed by atoms with Crippen molar-refractivity contribution in [1.82, 2.24) is 13.1 Å². The molecule has 4 rings (SSSR count). The fraction of sp³-hybridized carbons (Fsp3) is 0.136. The highest BCUT2D eigenvalue weighted by molar-refractivity contribution is 14.1. The predicted octanol–water partition coefficient (Wildman–Crippen LogP) is 5.59. The maximum atomic E-state index is 5.83. The smallest absolute Gasteiger partial charge is 0.147 e. The van der Waals surface area contributed by atoms with Gasteiger partial charge in [-0.3, -0.25) is 0 Å². The summed E-state index contributed by atoms with van der Waals surface area (Å²) in [6.45, 7) is 4.66. The summed E-state index contributed by atoms with van der Waals surface area (Å²) in [6, 6.07) is 22.8. The molecule has 0 radical (unpaired) electrons. The fourth-order valence-electron chi connectivity index (χ4n) is 3.45. The van der Waals surface area contributed by atoms with Crippen molar-refractivity contribution >= 4 is 33.6 Å². The summed E-state index contributed by atoms with van der Waals surface area (Å²) in [5, 5.41) is 2.22. The molecule has 4 nitrogen and oxygen atoms in total. The van der Waals surface area contributed by atoms with Crippen LogP contribution in [0.15, 0.2) is 66.7 Å². The summed E-state index contributed by atoms with van der Waals surface area (Å²) >= 11 is 2.08. The highest BCUT2D eigenvalue weighted by Gasteiger charge is 2.11. The zero-order valence-electron chi connectivity index (χ0n) is 15.2. The first-order valence-corrected chi connectivity index (χ1v) is 9.87. The summed E-state index contributed by atoms with van der Waals surface area (Å²) in [5.74, 6) is 1.80. The summed E-state index contributed by atoms with van der Waals surface area (Å²) in [5.41, 5.74) is 4.41. The Morgan fingerprint density at radius 2 is 1.63 bits per heavy atom. The number of halogens is 1. The number of nitrogens with one attached hydrogen (secondary N) is 1. The number of aryl methyl sites for hydroxylation is 2.